The highest BCUT2D eigenvalue weighted by atomic mass is 35.5. The third kappa shape index (κ3) is 3.62. The van der Waals surface area contributed by atoms with E-state index in [9.17, 15) is 9.18 Å². The van der Waals surface area contributed by atoms with E-state index in [2.05, 4.69) is 20.4 Å². The molecule has 1 fully saturated rings. The van der Waals surface area contributed by atoms with Crippen LogP contribution in [-0.4, -0.2) is 21.0 Å². The Kier molecular flexibility index (Phi) is 5.09. The number of benzene rings is 1. The fourth-order valence-corrected chi connectivity index (χ4v) is 3.69. The summed E-state index contributed by atoms with van der Waals surface area (Å²) in [5, 5.41) is 7.03. The summed E-state index contributed by atoms with van der Waals surface area (Å²) >= 11 is 5.82. The summed E-state index contributed by atoms with van der Waals surface area (Å²) in [6, 6.07) is 7.49. The van der Waals surface area contributed by atoms with Gasteiger partial charge in [-0.05, 0) is 43.2 Å². The Hall–Kier alpha value is -2.80. The fraction of sp³-hybridized carbons (Fsp3) is 0.300. The van der Waals surface area contributed by atoms with E-state index < -0.39 is 11.4 Å². The van der Waals surface area contributed by atoms with Crippen molar-refractivity contribution in [2.75, 3.05) is 0 Å². The van der Waals surface area contributed by atoms with Crippen LogP contribution in [-0.2, 0) is 5.54 Å². The van der Waals surface area contributed by atoms with E-state index in [-0.39, 0.29) is 16.5 Å². The maximum Gasteiger partial charge on any atom is 0.252 e. The van der Waals surface area contributed by atoms with Crippen LogP contribution in [0.5, 0.6) is 0 Å². The summed E-state index contributed by atoms with van der Waals surface area (Å²) in [6.07, 6.45) is 7.61. The summed E-state index contributed by atoms with van der Waals surface area (Å²) in [4.78, 5) is 21.4. The zero-order chi connectivity index (χ0) is 19.6. The molecule has 8 heteroatoms. The van der Waals surface area contributed by atoms with Gasteiger partial charge in [0.15, 0.2) is 0 Å². The van der Waals surface area contributed by atoms with Crippen molar-refractivity contribution in [3.05, 3.63) is 65.0 Å². The van der Waals surface area contributed by atoms with Gasteiger partial charge >= 0.3 is 0 Å². The highest BCUT2D eigenvalue weighted by Gasteiger charge is 2.41. The molecule has 28 heavy (non-hydrogen) atoms. The molecular formula is C20H18ClFN4O2. The van der Waals surface area contributed by atoms with Gasteiger partial charge in [-0.15, -0.1) is 0 Å². The molecular weight excluding hydrogens is 383 g/mol. The lowest BCUT2D eigenvalue weighted by atomic mass is 9.81. The molecule has 0 radical (unpaired) electrons. The average Bonchev–Trinajstić information content (AvgIpc) is 3.22. The van der Waals surface area contributed by atoms with Gasteiger partial charge in [-0.25, -0.2) is 4.39 Å². The monoisotopic (exact) mass is 400 g/mol. The Balaban J connectivity index is 1.64. The van der Waals surface area contributed by atoms with Crippen LogP contribution in [0.1, 0.15) is 48.4 Å². The average molecular weight is 401 g/mol. The van der Waals surface area contributed by atoms with Crippen molar-refractivity contribution in [2.24, 2.45) is 0 Å². The van der Waals surface area contributed by atoms with Crippen LogP contribution in [0, 0.1) is 5.82 Å². The topological polar surface area (TPSA) is 80.9 Å². The molecule has 1 aliphatic rings. The molecule has 6 nitrogen and oxygen atoms in total. The Morgan fingerprint density at radius 1 is 1.14 bits per heavy atom. The molecule has 0 spiro atoms. The summed E-state index contributed by atoms with van der Waals surface area (Å²) in [6.45, 7) is 0. The van der Waals surface area contributed by atoms with Crippen LogP contribution in [0.2, 0.25) is 5.02 Å². The minimum atomic E-state index is -0.755. The molecule has 3 aromatic rings. The molecule has 0 saturated heterocycles. The molecule has 2 heterocycles. The number of aromatic nitrogens is 3. The SMILES string of the molecule is O=C(NC1(c2nc(-c3ccncc3)no2)CCCCC1)c1ccc(F)c(Cl)c1. The Morgan fingerprint density at radius 2 is 1.89 bits per heavy atom. The maximum absolute atomic E-state index is 13.4. The van der Waals surface area contributed by atoms with E-state index in [1.165, 1.54) is 18.2 Å². The Labute approximate surface area is 166 Å². The lowest BCUT2D eigenvalue weighted by Crippen LogP contribution is -2.47. The second-order valence-electron chi connectivity index (χ2n) is 6.88. The van der Waals surface area contributed by atoms with Crippen molar-refractivity contribution in [3.63, 3.8) is 0 Å². The molecule has 0 aliphatic heterocycles. The van der Waals surface area contributed by atoms with Crippen molar-refractivity contribution in [1.29, 1.82) is 0 Å². The van der Waals surface area contributed by atoms with Crippen molar-refractivity contribution >= 4 is 17.5 Å². The first-order valence-corrected chi connectivity index (χ1v) is 9.47. The zero-order valence-corrected chi connectivity index (χ0v) is 15.7. The van der Waals surface area contributed by atoms with E-state index in [0.717, 1.165) is 24.8 Å². The van der Waals surface area contributed by atoms with Crippen molar-refractivity contribution in [3.8, 4) is 11.4 Å². The van der Waals surface area contributed by atoms with Crippen molar-refractivity contribution in [2.45, 2.75) is 37.6 Å². The second-order valence-corrected chi connectivity index (χ2v) is 7.29. The molecule has 144 valence electrons. The Morgan fingerprint density at radius 3 is 2.61 bits per heavy atom. The van der Waals surface area contributed by atoms with Gasteiger partial charge in [-0.3, -0.25) is 9.78 Å². The number of carbonyl (C=O) groups excluding carboxylic acids is 1. The van der Waals surface area contributed by atoms with E-state index in [1.54, 1.807) is 24.5 Å². The van der Waals surface area contributed by atoms with Crippen molar-refractivity contribution in [1.82, 2.24) is 20.4 Å². The number of amides is 1. The number of nitrogens with one attached hydrogen (secondary N) is 1. The number of carbonyl (C=O) groups is 1. The third-order valence-corrected chi connectivity index (χ3v) is 5.31. The number of nitrogens with zero attached hydrogens (tertiary/aromatic N) is 3. The molecule has 1 aromatic carbocycles. The van der Waals surface area contributed by atoms with Crippen molar-refractivity contribution < 1.29 is 13.7 Å². The van der Waals surface area contributed by atoms with E-state index >= 15 is 0 Å². The lowest BCUT2D eigenvalue weighted by Gasteiger charge is -2.34. The molecule has 2 aromatic heterocycles. The third-order valence-electron chi connectivity index (χ3n) is 5.02. The van der Waals surface area contributed by atoms with Gasteiger partial charge in [0.2, 0.25) is 5.82 Å². The van der Waals surface area contributed by atoms with E-state index in [4.69, 9.17) is 16.1 Å². The molecule has 1 saturated carbocycles. The maximum atomic E-state index is 13.4. The summed E-state index contributed by atoms with van der Waals surface area (Å²) in [7, 11) is 0. The summed E-state index contributed by atoms with van der Waals surface area (Å²) in [5.74, 6) is -0.0982. The van der Waals surface area contributed by atoms with E-state index in [1.807, 2.05) is 0 Å². The normalized spacial score (nSPS) is 15.9. The van der Waals surface area contributed by atoms with Crippen LogP contribution in [0.3, 0.4) is 0 Å². The van der Waals surface area contributed by atoms with Crippen LogP contribution in [0.4, 0.5) is 4.39 Å². The van der Waals surface area contributed by atoms with Crippen LogP contribution < -0.4 is 5.32 Å². The predicted molar refractivity (Wildman–Crippen MR) is 101 cm³/mol. The molecule has 1 amide bonds. The Bertz CT molecular complexity index is 987. The van der Waals surface area contributed by atoms with Gasteiger partial charge in [0.05, 0.1) is 5.02 Å². The van der Waals surface area contributed by atoms with Crippen LogP contribution >= 0.6 is 11.6 Å². The highest BCUT2D eigenvalue weighted by Crippen LogP contribution is 2.37. The summed E-state index contributed by atoms with van der Waals surface area (Å²) in [5.41, 5.74) is 0.312. The number of hydrogen-bond acceptors (Lipinski definition) is 5. The minimum absolute atomic E-state index is 0.0943. The molecule has 0 unspecified atom stereocenters. The molecule has 0 bridgehead atoms. The number of rotatable bonds is 4. The molecule has 1 N–H and O–H groups in total. The molecule has 0 atom stereocenters. The first-order chi connectivity index (χ1) is 13.6. The standard InChI is InChI=1S/C20H18ClFN4O2/c21-15-12-14(4-5-16(15)22)18(27)25-20(8-2-1-3-9-20)19-24-17(26-28-19)13-6-10-23-11-7-13/h4-7,10-12H,1-3,8-9H2,(H,25,27). The minimum Gasteiger partial charge on any atom is -0.338 e. The van der Waals surface area contributed by atoms with Gasteiger partial charge in [0.25, 0.3) is 11.8 Å². The number of pyridine rings is 1. The smallest absolute Gasteiger partial charge is 0.252 e. The quantitative estimate of drug-likeness (QED) is 0.696. The number of halogens is 2. The highest BCUT2D eigenvalue weighted by molar-refractivity contribution is 6.31. The first kappa shape index (κ1) is 18.6. The second kappa shape index (κ2) is 7.67. The number of hydrogen-bond donors (Lipinski definition) is 1. The molecule has 1 aliphatic carbocycles. The summed E-state index contributed by atoms with van der Waals surface area (Å²) < 4.78 is 19.0. The van der Waals surface area contributed by atoms with Gasteiger partial charge in [0.1, 0.15) is 11.4 Å². The van der Waals surface area contributed by atoms with Crippen LogP contribution in [0.15, 0.2) is 47.2 Å². The predicted octanol–water partition coefficient (Wildman–Crippen LogP) is 4.51. The lowest BCUT2D eigenvalue weighted by molar-refractivity contribution is 0.0824. The van der Waals surface area contributed by atoms with Crippen LogP contribution in [0.25, 0.3) is 11.4 Å². The largest absolute Gasteiger partial charge is 0.338 e. The first-order valence-electron chi connectivity index (χ1n) is 9.10. The molecule has 4 rings (SSSR count). The van der Waals surface area contributed by atoms with E-state index in [0.29, 0.717) is 24.6 Å². The fourth-order valence-electron chi connectivity index (χ4n) is 3.51. The van der Waals surface area contributed by atoms with Gasteiger partial charge in [-0.1, -0.05) is 36.0 Å². The van der Waals surface area contributed by atoms with Gasteiger partial charge in [0, 0.05) is 23.5 Å². The zero-order valence-electron chi connectivity index (χ0n) is 15.0. The van der Waals surface area contributed by atoms with Gasteiger partial charge in [-0.2, -0.15) is 4.98 Å². The van der Waals surface area contributed by atoms with Gasteiger partial charge < -0.3 is 9.84 Å².